The number of carbonyl (C=O) groups is 1. The van der Waals surface area contributed by atoms with Gasteiger partial charge < -0.3 is 9.32 Å². The Bertz CT molecular complexity index is 625. The largest absolute Gasteiger partial charge is 0.467 e. The van der Waals surface area contributed by atoms with Crippen LogP contribution in [0.15, 0.2) is 59.2 Å². The van der Waals surface area contributed by atoms with Crippen molar-refractivity contribution in [2.75, 3.05) is 6.54 Å². The second kappa shape index (κ2) is 7.71. The third-order valence-electron chi connectivity index (χ3n) is 2.95. The number of benzene rings is 1. The third-order valence-corrected chi connectivity index (χ3v) is 2.95. The molecule has 1 heterocycles. The maximum atomic E-state index is 12.2. The van der Waals surface area contributed by atoms with Crippen molar-refractivity contribution in [3.05, 3.63) is 66.1 Å². The number of nitriles is 1. The van der Waals surface area contributed by atoms with E-state index in [1.807, 2.05) is 36.4 Å². The molecule has 0 atom stereocenters. The molecular formula is C17H16N2O2. The molecule has 4 heteroatoms. The van der Waals surface area contributed by atoms with E-state index in [0.717, 1.165) is 5.56 Å². The lowest BCUT2D eigenvalue weighted by Gasteiger charge is -2.18. The number of rotatable bonds is 6. The highest BCUT2D eigenvalue weighted by Crippen LogP contribution is 2.08. The van der Waals surface area contributed by atoms with Gasteiger partial charge in [0.1, 0.15) is 5.76 Å². The summed E-state index contributed by atoms with van der Waals surface area (Å²) in [5.74, 6) is 0.569. The number of furan rings is 1. The van der Waals surface area contributed by atoms with Crippen LogP contribution in [0.5, 0.6) is 0 Å². The minimum absolute atomic E-state index is 0.134. The summed E-state index contributed by atoms with van der Waals surface area (Å²) in [6.07, 6.45) is 5.16. The molecule has 0 N–H and O–H groups in total. The summed E-state index contributed by atoms with van der Waals surface area (Å²) in [5.41, 5.74) is 0.962. The number of carbonyl (C=O) groups excluding carboxylic acids is 1. The van der Waals surface area contributed by atoms with E-state index in [4.69, 9.17) is 9.68 Å². The Morgan fingerprint density at radius 2 is 2.05 bits per heavy atom. The van der Waals surface area contributed by atoms with Crippen LogP contribution in [-0.2, 0) is 11.3 Å². The van der Waals surface area contributed by atoms with Gasteiger partial charge in [0.15, 0.2) is 0 Å². The molecule has 0 aliphatic heterocycles. The molecule has 0 aliphatic carbocycles. The summed E-state index contributed by atoms with van der Waals surface area (Å²) in [4.78, 5) is 13.8. The Kier molecular flexibility index (Phi) is 5.36. The predicted octanol–water partition coefficient (Wildman–Crippen LogP) is 3.24. The smallest absolute Gasteiger partial charge is 0.247 e. The van der Waals surface area contributed by atoms with E-state index in [0.29, 0.717) is 25.3 Å². The lowest BCUT2D eigenvalue weighted by Crippen LogP contribution is -2.29. The average molecular weight is 280 g/mol. The molecule has 0 saturated carbocycles. The van der Waals surface area contributed by atoms with E-state index >= 15 is 0 Å². The van der Waals surface area contributed by atoms with Crippen molar-refractivity contribution < 1.29 is 9.21 Å². The topological polar surface area (TPSA) is 57.2 Å². The van der Waals surface area contributed by atoms with Crippen LogP contribution in [0.2, 0.25) is 0 Å². The number of nitrogens with zero attached hydrogens (tertiary/aromatic N) is 2. The molecule has 0 unspecified atom stereocenters. The van der Waals surface area contributed by atoms with Gasteiger partial charge in [-0.1, -0.05) is 30.3 Å². The summed E-state index contributed by atoms with van der Waals surface area (Å²) in [7, 11) is 0. The van der Waals surface area contributed by atoms with Gasteiger partial charge in [0, 0.05) is 12.6 Å². The van der Waals surface area contributed by atoms with Crippen LogP contribution in [0.1, 0.15) is 17.7 Å². The van der Waals surface area contributed by atoms with Crippen LogP contribution in [0.4, 0.5) is 0 Å². The molecule has 2 aromatic rings. The molecular weight excluding hydrogens is 264 g/mol. The standard InChI is InChI=1S/C17H16N2O2/c18-11-5-12-19(14-16-8-4-13-21-16)17(20)10-9-15-6-2-1-3-7-15/h1-4,6-10,13H,5,12,14H2. The van der Waals surface area contributed by atoms with Crippen LogP contribution in [-0.4, -0.2) is 17.4 Å². The molecule has 4 nitrogen and oxygen atoms in total. The van der Waals surface area contributed by atoms with Gasteiger partial charge in [-0.25, -0.2) is 0 Å². The first-order valence-corrected chi connectivity index (χ1v) is 6.71. The minimum Gasteiger partial charge on any atom is -0.467 e. The molecule has 2 rings (SSSR count). The van der Waals surface area contributed by atoms with E-state index in [1.54, 1.807) is 23.3 Å². The van der Waals surface area contributed by atoms with Gasteiger partial charge in [0.05, 0.1) is 25.3 Å². The van der Waals surface area contributed by atoms with Crippen molar-refractivity contribution in [3.63, 3.8) is 0 Å². The molecule has 0 fully saturated rings. The van der Waals surface area contributed by atoms with Crippen LogP contribution in [0.25, 0.3) is 6.08 Å². The van der Waals surface area contributed by atoms with Gasteiger partial charge in [-0.05, 0) is 23.8 Å². The summed E-state index contributed by atoms with van der Waals surface area (Å²) < 4.78 is 5.26. The Hall–Kier alpha value is -2.80. The molecule has 106 valence electrons. The first kappa shape index (κ1) is 14.6. The van der Waals surface area contributed by atoms with Crippen LogP contribution < -0.4 is 0 Å². The fraction of sp³-hybridized carbons (Fsp3) is 0.176. The summed E-state index contributed by atoms with van der Waals surface area (Å²) in [5, 5.41) is 8.70. The first-order chi connectivity index (χ1) is 10.3. The maximum Gasteiger partial charge on any atom is 0.247 e. The van der Waals surface area contributed by atoms with Gasteiger partial charge in [-0.2, -0.15) is 5.26 Å². The Morgan fingerprint density at radius 1 is 1.24 bits per heavy atom. The lowest BCUT2D eigenvalue weighted by atomic mass is 10.2. The maximum absolute atomic E-state index is 12.2. The van der Waals surface area contributed by atoms with E-state index in [-0.39, 0.29) is 5.91 Å². The van der Waals surface area contributed by atoms with E-state index < -0.39 is 0 Å². The molecule has 1 aromatic heterocycles. The van der Waals surface area contributed by atoms with Crippen molar-refractivity contribution in [1.29, 1.82) is 5.26 Å². The van der Waals surface area contributed by atoms with E-state index in [1.165, 1.54) is 6.08 Å². The highest BCUT2D eigenvalue weighted by atomic mass is 16.3. The molecule has 0 bridgehead atoms. The molecule has 1 aromatic carbocycles. The van der Waals surface area contributed by atoms with Gasteiger partial charge >= 0.3 is 0 Å². The van der Waals surface area contributed by atoms with Gasteiger partial charge in [-0.15, -0.1) is 0 Å². The number of amides is 1. The Labute approximate surface area is 123 Å². The number of hydrogen-bond donors (Lipinski definition) is 0. The summed E-state index contributed by atoms with van der Waals surface area (Å²) >= 11 is 0. The highest BCUT2D eigenvalue weighted by molar-refractivity contribution is 5.91. The molecule has 21 heavy (non-hydrogen) atoms. The molecule has 0 radical (unpaired) electrons. The van der Waals surface area contributed by atoms with Crippen molar-refractivity contribution in [1.82, 2.24) is 4.90 Å². The number of hydrogen-bond acceptors (Lipinski definition) is 3. The van der Waals surface area contributed by atoms with Crippen molar-refractivity contribution in [2.24, 2.45) is 0 Å². The van der Waals surface area contributed by atoms with Crippen LogP contribution in [0, 0.1) is 11.3 Å². The zero-order valence-corrected chi connectivity index (χ0v) is 11.6. The van der Waals surface area contributed by atoms with Gasteiger partial charge in [0.2, 0.25) is 5.91 Å². The SMILES string of the molecule is N#CCCN(Cc1ccco1)C(=O)C=Cc1ccccc1. The van der Waals surface area contributed by atoms with E-state index in [9.17, 15) is 4.79 Å². The van der Waals surface area contributed by atoms with Crippen LogP contribution in [0.3, 0.4) is 0 Å². The third kappa shape index (κ3) is 4.66. The summed E-state index contributed by atoms with van der Waals surface area (Å²) in [6.45, 7) is 0.752. The Morgan fingerprint density at radius 3 is 2.71 bits per heavy atom. The normalized spacial score (nSPS) is 10.4. The summed E-state index contributed by atoms with van der Waals surface area (Å²) in [6, 6.07) is 15.3. The molecule has 1 amide bonds. The monoisotopic (exact) mass is 280 g/mol. The predicted molar refractivity (Wildman–Crippen MR) is 79.8 cm³/mol. The zero-order chi connectivity index (χ0) is 14.9. The second-order valence-electron chi connectivity index (χ2n) is 4.49. The quantitative estimate of drug-likeness (QED) is 0.763. The van der Waals surface area contributed by atoms with Crippen molar-refractivity contribution in [2.45, 2.75) is 13.0 Å². The van der Waals surface area contributed by atoms with Gasteiger partial charge in [-0.3, -0.25) is 4.79 Å². The highest BCUT2D eigenvalue weighted by Gasteiger charge is 2.12. The minimum atomic E-state index is -0.134. The lowest BCUT2D eigenvalue weighted by molar-refractivity contribution is -0.126. The fourth-order valence-corrected chi connectivity index (χ4v) is 1.88. The zero-order valence-electron chi connectivity index (χ0n) is 11.6. The van der Waals surface area contributed by atoms with E-state index in [2.05, 4.69) is 6.07 Å². The van der Waals surface area contributed by atoms with Gasteiger partial charge in [0.25, 0.3) is 0 Å². The van der Waals surface area contributed by atoms with Crippen molar-refractivity contribution >= 4 is 12.0 Å². The molecule has 0 saturated heterocycles. The second-order valence-corrected chi connectivity index (χ2v) is 4.49. The fourth-order valence-electron chi connectivity index (χ4n) is 1.88. The Balaban J connectivity index is 2.03. The van der Waals surface area contributed by atoms with Crippen molar-refractivity contribution in [3.8, 4) is 6.07 Å². The molecule has 0 spiro atoms. The first-order valence-electron chi connectivity index (χ1n) is 6.71. The van der Waals surface area contributed by atoms with Crippen LogP contribution >= 0.6 is 0 Å². The molecule has 0 aliphatic rings. The average Bonchev–Trinajstić information content (AvgIpc) is 3.03.